The number of halogens is 4. The average molecular weight is 563 g/mol. The Morgan fingerprint density at radius 3 is 2.40 bits per heavy atom. The first-order valence-corrected chi connectivity index (χ1v) is 12.5. The molecule has 202 valence electrons. The fraction of sp³-hybridized carbons (Fsp3) is 0.179. The van der Waals surface area contributed by atoms with Crippen molar-refractivity contribution < 1.29 is 13.2 Å². The number of rotatable bonds is 6. The van der Waals surface area contributed by atoms with Crippen LogP contribution in [-0.4, -0.2) is 25.0 Å². The minimum absolute atomic E-state index is 0.125. The molecular weight excluding hydrogens is 541 g/mol. The van der Waals surface area contributed by atoms with Gasteiger partial charge in [0.05, 0.1) is 51.5 Å². The van der Waals surface area contributed by atoms with Gasteiger partial charge in [0.15, 0.2) is 5.82 Å². The van der Waals surface area contributed by atoms with Crippen molar-refractivity contribution in [2.75, 3.05) is 10.6 Å². The molecule has 0 saturated heterocycles. The van der Waals surface area contributed by atoms with Crippen molar-refractivity contribution in [1.82, 2.24) is 25.0 Å². The predicted octanol–water partition coefficient (Wildman–Crippen LogP) is 6.86. The van der Waals surface area contributed by atoms with E-state index in [4.69, 9.17) is 11.6 Å². The molecule has 0 bridgehead atoms. The molecule has 0 spiro atoms. The lowest BCUT2D eigenvalue weighted by atomic mass is 10.0. The highest BCUT2D eigenvalue weighted by atomic mass is 35.5. The first-order chi connectivity index (χ1) is 19.0. The molecule has 0 aliphatic heterocycles. The molecule has 8 nitrogen and oxygen atoms in total. The van der Waals surface area contributed by atoms with Gasteiger partial charge in [-0.15, -0.1) is 5.10 Å². The third-order valence-corrected chi connectivity index (χ3v) is 6.41. The summed E-state index contributed by atoms with van der Waals surface area (Å²) >= 11 is 6.62. The van der Waals surface area contributed by atoms with E-state index in [1.165, 1.54) is 18.3 Å². The summed E-state index contributed by atoms with van der Waals surface area (Å²) in [5, 5.41) is 25.4. The van der Waals surface area contributed by atoms with Crippen molar-refractivity contribution in [2.45, 2.75) is 32.4 Å². The van der Waals surface area contributed by atoms with Crippen LogP contribution in [0.1, 0.15) is 43.6 Å². The summed E-state index contributed by atoms with van der Waals surface area (Å²) in [7, 11) is 0. The molecule has 5 rings (SSSR count). The number of nitriles is 1. The van der Waals surface area contributed by atoms with Gasteiger partial charge in [-0.25, -0.2) is 18.4 Å². The largest absolute Gasteiger partial charge is 0.373 e. The van der Waals surface area contributed by atoms with Gasteiger partial charge in [0.25, 0.3) is 0 Å². The number of nitrogens with zero attached hydrogens (tertiary/aromatic N) is 6. The third-order valence-electron chi connectivity index (χ3n) is 6.12. The molecule has 40 heavy (non-hydrogen) atoms. The zero-order chi connectivity index (χ0) is 28.6. The molecule has 1 atom stereocenters. The molecule has 0 aliphatic rings. The second kappa shape index (κ2) is 10.5. The maximum atomic E-state index is 13.9. The van der Waals surface area contributed by atoms with E-state index in [1.807, 2.05) is 27.0 Å². The summed E-state index contributed by atoms with van der Waals surface area (Å²) in [6.45, 7) is 5.98. The maximum absolute atomic E-state index is 13.9. The Balaban J connectivity index is 1.62. The molecule has 3 aromatic heterocycles. The van der Waals surface area contributed by atoms with Gasteiger partial charge in [-0.3, -0.25) is 4.98 Å². The molecule has 0 amide bonds. The lowest BCUT2D eigenvalue weighted by Gasteiger charge is -2.21. The van der Waals surface area contributed by atoms with Gasteiger partial charge in [-0.1, -0.05) is 28.9 Å². The van der Waals surface area contributed by atoms with E-state index in [9.17, 15) is 18.4 Å². The smallest absolute Gasteiger partial charge is 0.249 e. The summed E-state index contributed by atoms with van der Waals surface area (Å²) in [6.07, 6.45) is 4.25. The van der Waals surface area contributed by atoms with Gasteiger partial charge < -0.3 is 10.6 Å². The average Bonchev–Trinajstić information content (AvgIpc) is 3.41. The molecule has 0 radical (unpaired) electrons. The zero-order valence-corrected chi connectivity index (χ0v) is 22.3. The molecule has 5 aromatic rings. The summed E-state index contributed by atoms with van der Waals surface area (Å²) in [6, 6.07) is 11.8. The second-order valence-corrected chi connectivity index (χ2v) is 10.4. The van der Waals surface area contributed by atoms with Gasteiger partial charge in [0, 0.05) is 23.3 Å². The molecule has 0 fully saturated rings. The van der Waals surface area contributed by atoms with Crippen molar-refractivity contribution in [3.05, 3.63) is 100 Å². The molecule has 3 heterocycles. The quantitative estimate of drug-likeness (QED) is 0.218. The van der Waals surface area contributed by atoms with E-state index < -0.39 is 17.8 Å². The van der Waals surface area contributed by atoms with Gasteiger partial charge in [0.2, 0.25) is 5.95 Å². The van der Waals surface area contributed by atoms with Crippen LogP contribution in [0.5, 0.6) is 0 Å². The lowest BCUT2D eigenvalue weighted by Crippen LogP contribution is -2.22. The van der Waals surface area contributed by atoms with Crippen LogP contribution in [0, 0.1) is 28.9 Å². The highest BCUT2D eigenvalue weighted by Gasteiger charge is 2.23. The normalized spacial score (nSPS) is 12.2. The van der Waals surface area contributed by atoms with Gasteiger partial charge in [-0.05, 0) is 50.6 Å². The monoisotopic (exact) mass is 562 g/mol. The third kappa shape index (κ3) is 5.39. The maximum Gasteiger partial charge on any atom is 0.249 e. The van der Waals surface area contributed by atoms with Crippen LogP contribution >= 0.6 is 11.6 Å². The number of anilines is 3. The van der Waals surface area contributed by atoms with Gasteiger partial charge >= 0.3 is 0 Å². The number of aromatic nitrogens is 5. The fourth-order valence-corrected chi connectivity index (χ4v) is 4.35. The van der Waals surface area contributed by atoms with Gasteiger partial charge in [-0.2, -0.15) is 9.65 Å². The van der Waals surface area contributed by atoms with Crippen molar-refractivity contribution >= 4 is 39.6 Å². The minimum atomic E-state index is -1.24. The highest BCUT2D eigenvalue weighted by Crippen LogP contribution is 2.37. The Morgan fingerprint density at radius 2 is 1.75 bits per heavy atom. The van der Waals surface area contributed by atoms with Crippen LogP contribution in [0.25, 0.3) is 10.9 Å². The number of nitrogens with one attached hydrogen (secondary N) is 2. The summed E-state index contributed by atoms with van der Waals surface area (Å²) in [5.41, 5.74) is 2.43. The number of pyridine rings is 2. The Morgan fingerprint density at radius 1 is 1.00 bits per heavy atom. The molecule has 1 unspecified atom stereocenters. The van der Waals surface area contributed by atoms with E-state index in [0.29, 0.717) is 27.8 Å². The Bertz CT molecular complexity index is 1760. The van der Waals surface area contributed by atoms with Gasteiger partial charge in [0.1, 0.15) is 17.6 Å². The van der Waals surface area contributed by atoms with Crippen LogP contribution in [0.15, 0.2) is 61.1 Å². The van der Waals surface area contributed by atoms with Crippen LogP contribution in [-0.2, 0) is 5.54 Å². The van der Waals surface area contributed by atoms with E-state index in [-0.39, 0.29) is 33.3 Å². The molecular formula is C28H22ClF3N8. The molecule has 12 heteroatoms. The summed E-state index contributed by atoms with van der Waals surface area (Å²) < 4.78 is 42.7. The number of fused-ring (bicyclic) bond motifs is 1. The fourth-order valence-electron chi connectivity index (χ4n) is 4.08. The van der Waals surface area contributed by atoms with Crippen LogP contribution in [0.3, 0.4) is 0 Å². The summed E-state index contributed by atoms with van der Waals surface area (Å²) in [4.78, 5) is 7.72. The van der Waals surface area contributed by atoms with Crippen LogP contribution < -0.4 is 10.6 Å². The highest BCUT2D eigenvalue weighted by molar-refractivity contribution is 6.36. The Hall–Kier alpha value is -4.69. The lowest BCUT2D eigenvalue weighted by molar-refractivity contribution is 0.347. The molecule has 2 N–H and O–H groups in total. The zero-order valence-electron chi connectivity index (χ0n) is 21.5. The van der Waals surface area contributed by atoms with Crippen molar-refractivity contribution in [2.24, 2.45) is 0 Å². The van der Waals surface area contributed by atoms with E-state index in [1.54, 1.807) is 28.9 Å². The van der Waals surface area contributed by atoms with Crippen molar-refractivity contribution in [1.29, 1.82) is 5.26 Å². The molecule has 2 aromatic carbocycles. The topological polar surface area (TPSA) is 104 Å². The van der Waals surface area contributed by atoms with E-state index in [2.05, 4.69) is 37.0 Å². The second-order valence-electron chi connectivity index (χ2n) is 10.0. The Kier molecular flexibility index (Phi) is 7.04. The van der Waals surface area contributed by atoms with Crippen molar-refractivity contribution in [3.63, 3.8) is 0 Å². The molecule has 0 aliphatic carbocycles. The standard InChI is InChI=1S/C28H22ClF3N8/c1-28(2,3)40-14-23(38-39-40)25(15-4-6-17(30)7-5-15)36-18-8-20-24(37-19-10-22(31)27(32)35-13-19)16(11-33)12-34-26(20)21(29)9-18/h4-10,12-14,25,36H,1-3H3,(H,34,37). The number of benzene rings is 2. The molecule has 0 saturated carbocycles. The first kappa shape index (κ1) is 26.9. The SMILES string of the molecule is CC(C)(C)n1cc(C(Nc2cc(Cl)c3ncc(C#N)c(Nc4cnc(F)c(F)c4)c3c2)c2ccc(F)cc2)nn1. The first-order valence-electron chi connectivity index (χ1n) is 12.1. The predicted molar refractivity (Wildman–Crippen MR) is 146 cm³/mol. The minimum Gasteiger partial charge on any atom is -0.373 e. The van der Waals surface area contributed by atoms with Crippen molar-refractivity contribution in [3.8, 4) is 6.07 Å². The number of hydrogen-bond acceptors (Lipinski definition) is 7. The number of hydrogen-bond donors (Lipinski definition) is 2. The van der Waals surface area contributed by atoms with E-state index >= 15 is 0 Å². The summed E-state index contributed by atoms with van der Waals surface area (Å²) in [5.74, 6) is -2.77. The van der Waals surface area contributed by atoms with E-state index in [0.717, 1.165) is 12.3 Å². The van der Waals surface area contributed by atoms with Crippen LogP contribution in [0.2, 0.25) is 5.02 Å². The Labute approximate surface area is 232 Å². The van der Waals surface area contributed by atoms with Crippen LogP contribution in [0.4, 0.5) is 30.2 Å².